The molecule has 20 heavy (non-hydrogen) atoms. The van der Waals surface area contributed by atoms with Gasteiger partial charge in [0.1, 0.15) is 11.2 Å². The van der Waals surface area contributed by atoms with Crippen LogP contribution in [0.5, 0.6) is 5.75 Å². The third-order valence-corrected chi connectivity index (χ3v) is 6.73. The van der Waals surface area contributed by atoms with E-state index in [9.17, 15) is 9.59 Å². The van der Waals surface area contributed by atoms with E-state index in [-0.39, 0.29) is 9.71 Å². The maximum absolute atomic E-state index is 12.3. The molecule has 3 rings (SSSR count). The van der Waals surface area contributed by atoms with Crippen LogP contribution in [-0.4, -0.2) is 22.8 Å². The second kappa shape index (κ2) is 4.44. The van der Waals surface area contributed by atoms with Gasteiger partial charge >= 0.3 is 5.97 Å². The molecule has 106 valence electrons. The fourth-order valence-electron chi connectivity index (χ4n) is 3.21. The first-order chi connectivity index (χ1) is 9.46. The van der Waals surface area contributed by atoms with Gasteiger partial charge in [0.2, 0.25) is 0 Å². The highest BCUT2D eigenvalue weighted by Gasteiger charge is 2.68. The molecule has 1 aliphatic carbocycles. The van der Waals surface area contributed by atoms with Crippen LogP contribution < -0.4 is 4.74 Å². The third-order valence-electron chi connectivity index (χ3n) is 4.48. The Labute approximate surface area is 131 Å². The summed E-state index contributed by atoms with van der Waals surface area (Å²) >= 11 is 2.19. The minimum Gasteiger partial charge on any atom is -0.496 e. The van der Waals surface area contributed by atoms with Gasteiger partial charge < -0.3 is 9.47 Å². The van der Waals surface area contributed by atoms with Crippen LogP contribution in [0.1, 0.15) is 25.3 Å². The summed E-state index contributed by atoms with van der Waals surface area (Å²) in [7, 11) is 1.60. The molecule has 1 saturated carbocycles. The van der Waals surface area contributed by atoms with Crippen LogP contribution in [0.4, 0.5) is 0 Å². The number of hydrogen-bond donors (Lipinski definition) is 0. The number of alkyl halides is 1. The van der Waals surface area contributed by atoms with Gasteiger partial charge in [0, 0.05) is 12.0 Å². The predicted molar refractivity (Wildman–Crippen MR) is 80.9 cm³/mol. The molecule has 4 nitrogen and oxygen atoms in total. The number of carbonyl (C=O) groups excluding carboxylic acids is 2. The highest BCUT2D eigenvalue weighted by Crippen LogP contribution is 2.58. The Morgan fingerprint density at radius 1 is 1.35 bits per heavy atom. The van der Waals surface area contributed by atoms with Gasteiger partial charge in [-0.3, -0.25) is 9.59 Å². The first-order valence-electron chi connectivity index (χ1n) is 6.51. The van der Waals surface area contributed by atoms with E-state index in [1.165, 1.54) is 0 Å². The van der Waals surface area contributed by atoms with Crippen molar-refractivity contribution >= 4 is 34.3 Å². The summed E-state index contributed by atoms with van der Waals surface area (Å²) in [6.45, 7) is 1.70. The molecule has 0 N–H and O–H groups in total. The van der Waals surface area contributed by atoms with E-state index in [1.54, 1.807) is 14.0 Å². The fourth-order valence-corrected chi connectivity index (χ4v) is 4.58. The third kappa shape index (κ3) is 1.52. The van der Waals surface area contributed by atoms with Crippen molar-refractivity contribution in [1.29, 1.82) is 0 Å². The van der Waals surface area contributed by atoms with Crippen molar-refractivity contribution in [3.63, 3.8) is 0 Å². The molecule has 5 heteroatoms. The maximum Gasteiger partial charge on any atom is 0.321 e. The van der Waals surface area contributed by atoms with Crippen LogP contribution >= 0.6 is 22.6 Å². The zero-order valence-corrected chi connectivity index (χ0v) is 13.5. The molecule has 0 amide bonds. The summed E-state index contributed by atoms with van der Waals surface area (Å²) in [5, 5.41) is 0. The molecule has 0 radical (unpaired) electrons. The molecule has 3 atom stereocenters. The number of hydrogen-bond acceptors (Lipinski definition) is 4. The number of esters is 1. The number of ketones is 1. The SMILES string of the molecule is COc1ccccc1[C@@]12CCC(=O)[C@](C)(C(=O)O1)[C@H]2I. The van der Waals surface area contributed by atoms with E-state index in [2.05, 4.69) is 22.6 Å². The van der Waals surface area contributed by atoms with Gasteiger partial charge in [-0.15, -0.1) is 0 Å². The lowest BCUT2D eigenvalue weighted by atomic mass is 9.68. The molecule has 0 unspecified atom stereocenters. The van der Waals surface area contributed by atoms with Crippen LogP contribution in [0, 0.1) is 5.41 Å². The summed E-state index contributed by atoms with van der Waals surface area (Å²) in [5.41, 5.74) is -0.946. The molecule has 0 aromatic heterocycles. The number of fused-ring (bicyclic) bond motifs is 2. The van der Waals surface area contributed by atoms with E-state index < -0.39 is 17.0 Å². The van der Waals surface area contributed by atoms with Crippen LogP contribution in [-0.2, 0) is 19.9 Å². The molecule has 1 aliphatic heterocycles. The number of rotatable bonds is 2. The minimum absolute atomic E-state index is 0.0232. The molecule has 1 aromatic rings. The smallest absolute Gasteiger partial charge is 0.321 e. The summed E-state index contributed by atoms with van der Waals surface area (Å²) in [6.07, 6.45) is 0.876. The Morgan fingerprint density at radius 3 is 2.75 bits per heavy atom. The molecular weight excluding hydrogens is 371 g/mol. The van der Waals surface area contributed by atoms with Crippen LogP contribution in [0.3, 0.4) is 0 Å². The fraction of sp³-hybridized carbons (Fsp3) is 0.467. The highest BCUT2D eigenvalue weighted by atomic mass is 127. The lowest BCUT2D eigenvalue weighted by molar-refractivity contribution is -0.154. The van der Waals surface area contributed by atoms with Gasteiger partial charge in [-0.25, -0.2) is 0 Å². The largest absolute Gasteiger partial charge is 0.496 e. The van der Waals surface area contributed by atoms with Gasteiger partial charge in [0.05, 0.1) is 11.0 Å². The Bertz CT molecular complexity index is 599. The van der Waals surface area contributed by atoms with E-state index in [1.807, 2.05) is 24.3 Å². The standard InChI is InChI=1S/C15H15IO4/c1-14-11(17)7-8-15(12(14)16,20-13(14)18)9-5-3-4-6-10(9)19-2/h3-6,12H,7-8H2,1-2H3/t12-,14+,15-/m1/s1. The Morgan fingerprint density at radius 2 is 2.05 bits per heavy atom. The van der Waals surface area contributed by atoms with Crippen molar-refractivity contribution in [2.24, 2.45) is 5.41 Å². The first-order valence-corrected chi connectivity index (χ1v) is 7.75. The minimum atomic E-state index is -1.04. The van der Waals surface area contributed by atoms with Crippen LogP contribution in [0.15, 0.2) is 24.3 Å². The first kappa shape index (κ1) is 13.9. The molecule has 1 aromatic carbocycles. The average molecular weight is 386 g/mol. The van der Waals surface area contributed by atoms with Crippen LogP contribution in [0.25, 0.3) is 0 Å². The van der Waals surface area contributed by atoms with Crippen molar-refractivity contribution in [2.45, 2.75) is 29.3 Å². The molecular formula is C15H15IO4. The average Bonchev–Trinajstić information content (AvgIpc) is 2.60. The normalized spacial score (nSPS) is 35.9. The predicted octanol–water partition coefficient (Wildman–Crippen LogP) is 2.62. The molecule has 0 spiro atoms. The van der Waals surface area contributed by atoms with Gasteiger partial charge in [0.25, 0.3) is 0 Å². The zero-order valence-electron chi connectivity index (χ0n) is 11.3. The lowest BCUT2D eigenvalue weighted by Gasteiger charge is -2.38. The summed E-state index contributed by atoms with van der Waals surface area (Å²) in [5.74, 6) is 0.260. The molecule has 2 aliphatic rings. The quantitative estimate of drug-likeness (QED) is 0.340. The Kier molecular flexibility index (Phi) is 3.08. The lowest BCUT2D eigenvalue weighted by Crippen LogP contribution is -2.48. The molecule has 1 saturated heterocycles. The number of Topliss-reactive ketones (excluding diaryl/α,β-unsaturated/α-hetero) is 1. The summed E-state index contributed by atoms with van der Waals surface area (Å²) in [4.78, 5) is 24.5. The number of methoxy groups -OCH3 is 1. The Hall–Kier alpha value is -1.11. The van der Waals surface area contributed by atoms with Gasteiger partial charge in [-0.05, 0) is 19.4 Å². The second-order valence-corrected chi connectivity index (χ2v) is 6.71. The van der Waals surface area contributed by atoms with Crippen molar-refractivity contribution in [3.05, 3.63) is 29.8 Å². The monoisotopic (exact) mass is 386 g/mol. The number of para-hydroxylation sites is 1. The van der Waals surface area contributed by atoms with Crippen molar-refractivity contribution in [2.75, 3.05) is 7.11 Å². The summed E-state index contributed by atoms with van der Waals surface area (Å²) in [6, 6.07) is 7.55. The van der Waals surface area contributed by atoms with Crippen molar-refractivity contribution < 1.29 is 19.1 Å². The number of benzene rings is 1. The maximum atomic E-state index is 12.3. The van der Waals surface area contributed by atoms with Crippen molar-refractivity contribution in [1.82, 2.24) is 0 Å². The van der Waals surface area contributed by atoms with Gasteiger partial charge in [-0.1, -0.05) is 40.8 Å². The molecule has 1 heterocycles. The second-order valence-electron chi connectivity index (χ2n) is 5.47. The van der Waals surface area contributed by atoms with Gasteiger partial charge in [-0.2, -0.15) is 0 Å². The topological polar surface area (TPSA) is 52.6 Å². The number of carbonyl (C=O) groups is 2. The van der Waals surface area contributed by atoms with E-state index in [0.717, 1.165) is 5.56 Å². The van der Waals surface area contributed by atoms with Gasteiger partial charge in [0.15, 0.2) is 11.4 Å². The zero-order chi connectivity index (χ0) is 14.5. The van der Waals surface area contributed by atoms with Crippen molar-refractivity contribution in [3.8, 4) is 5.75 Å². The molecule has 2 bridgehead atoms. The van der Waals surface area contributed by atoms with E-state index >= 15 is 0 Å². The summed E-state index contributed by atoms with van der Waals surface area (Å²) < 4.78 is 10.9. The van der Waals surface area contributed by atoms with E-state index in [4.69, 9.17) is 9.47 Å². The van der Waals surface area contributed by atoms with E-state index in [0.29, 0.717) is 18.6 Å². The number of halogens is 1. The van der Waals surface area contributed by atoms with Crippen LogP contribution in [0.2, 0.25) is 0 Å². The molecule has 2 fully saturated rings. The Balaban J connectivity index is 2.18. The highest BCUT2D eigenvalue weighted by molar-refractivity contribution is 14.1. The number of ether oxygens (including phenoxy) is 2.